The minimum Gasteiger partial charge on any atom is -0.444 e. The number of alkyl carbamates (subject to hydrolysis) is 1. The summed E-state index contributed by atoms with van der Waals surface area (Å²) in [4.78, 5) is 43.5. The first-order valence-corrected chi connectivity index (χ1v) is 16.1. The minimum absolute atomic E-state index is 0.0960. The molecule has 45 heavy (non-hydrogen) atoms. The van der Waals surface area contributed by atoms with E-state index in [9.17, 15) is 19.5 Å². The van der Waals surface area contributed by atoms with Gasteiger partial charge < -0.3 is 30.4 Å². The Hall–Kier alpha value is -3.92. The molecule has 10 heteroatoms. The Labute approximate surface area is 267 Å². The number of para-hydroxylation sites is 1. The zero-order valence-electron chi connectivity index (χ0n) is 27.8. The van der Waals surface area contributed by atoms with Gasteiger partial charge in [-0.15, -0.1) is 0 Å². The molecule has 2 heterocycles. The smallest absolute Gasteiger partial charge is 0.407 e. The second kappa shape index (κ2) is 16.4. The Kier molecular flexibility index (Phi) is 13.0. The molecule has 10 nitrogen and oxygen atoms in total. The topological polar surface area (TPSA) is 135 Å². The van der Waals surface area contributed by atoms with E-state index < -0.39 is 29.8 Å². The number of carbonyl (C=O) groups is 3. The number of benzene rings is 1. The highest BCUT2D eigenvalue weighted by atomic mass is 16.6. The molecule has 4 atom stereocenters. The first kappa shape index (κ1) is 35.6. The monoisotopic (exact) mass is 621 g/mol. The van der Waals surface area contributed by atoms with E-state index in [0.717, 1.165) is 23.7 Å². The summed E-state index contributed by atoms with van der Waals surface area (Å²) in [6.07, 6.45) is 4.27. The van der Waals surface area contributed by atoms with Gasteiger partial charge in [0.15, 0.2) is 0 Å². The average molecular weight is 622 g/mol. The van der Waals surface area contributed by atoms with Gasteiger partial charge in [-0.25, -0.2) is 9.78 Å². The van der Waals surface area contributed by atoms with Gasteiger partial charge in [0, 0.05) is 36.8 Å². The van der Waals surface area contributed by atoms with Crippen LogP contribution in [0.25, 0.3) is 16.7 Å². The molecule has 4 N–H and O–H groups in total. The van der Waals surface area contributed by atoms with Gasteiger partial charge in [-0.1, -0.05) is 58.4 Å². The van der Waals surface area contributed by atoms with Crippen LogP contribution in [0.2, 0.25) is 0 Å². The molecule has 4 unspecified atom stereocenters. The number of rotatable bonds is 15. The van der Waals surface area contributed by atoms with E-state index in [1.165, 1.54) is 0 Å². The number of hydrogen-bond acceptors (Lipinski definition) is 6. The van der Waals surface area contributed by atoms with Crippen molar-refractivity contribution in [1.29, 1.82) is 0 Å². The van der Waals surface area contributed by atoms with Crippen molar-refractivity contribution in [3.05, 3.63) is 60.4 Å². The van der Waals surface area contributed by atoms with E-state index in [-0.39, 0.29) is 30.1 Å². The van der Waals surface area contributed by atoms with Gasteiger partial charge in [-0.05, 0) is 70.1 Å². The molecule has 3 aromatic rings. The zero-order valence-corrected chi connectivity index (χ0v) is 27.8. The Morgan fingerprint density at radius 1 is 1.00 bits per heavy atom. The Morgan fingerprint density at radius 3 is 2.36 bits per heavy atom. The van der Waals surface area contributed by atoms with Crippen LogP contribution in [-0.4, -0.2) is 63.4 Å². The fourth-order valence-electron chi connectivity index (χ4n) is 5.25. The lowest BCUT2D eigenvalue weighted by atomic mass is 9.85. The minimum atomic E-state index is -1.00. The third kappa shape index (κ3) is 10.6. The SMILES string of the molecule is CCCCNC(=O)C(C)CC(O)C(CC(CNC(=O)c1cn(-c2ccccn2)c2ccccc12)C(C)C)NC(=O)OC(C)(C)C. The number of nitrogens with one attached hydrogen (secondary N) is 3. The van der Waals surface area contributed by atoms with E-state index in [2.05, 4.69) is 27.9 Å². The molecule has 0 fully saturated rings. The van der Waals surface area contributed by atoms with Gasteiger partial charge in [-0.2, -0.15) is 0 Å². The van der Waals surface area contributed by atoms with Gasteiger partial charge in [0.25, 0.3) is 5.91 Å². The predicted molar refractivity (Wildman–Crippen MR) is 177 cm³/mol. The van der Waals surface area contributed by atoms with Crippen LogP contribution >= 0.6 is 0 Å². The molecule has 0 radical (unpaired) electrons. The van der Waals surface area contributed by atoms with Crippen molar-refractivity contribution in [2.24, 2.45) is 17.8 Å². The summed E-state index contributed by atoms with van der Waals surface area (Å²) in [5, 5.41) is 21.0. The van der Waals surface area contributed by atoms with Crippen LogP contribution in [0.4, 0.5) is 4.79 Å². The van der Waals surface area contributed by atoms with Crippen LogP contribution < -0.4 is 16.0 Å². The molecule has 0 saturated carbocycles. The third-order valence-electron chi connectivity index (χ3n) is 7.92. The van der Waals surface area contributed by atoms with Crippen molar-refractivity contribution >= 4 is 28.8 Å². The van der Waals surface area contributed by atoms with Crippen LogP contribution in [0.5, 0.6) is 0 Å². The van der Waals surface area contributed by atoms with Crippen molar-refractivity contribution < 1.29 is 24.2 Å². The van der Waals surface area contributed by atoms with Crippen LogP contribution in [-0.2, 0) is 9.53 Å². The third-order valence-corrected chi connectivity index (χ3v) is 7.92. The number of ether oxygens (including phenoxy) is 1. The summed E-state index contributed by atoms with van der Waals surface area (Å²) < 4.78 is 7.40. The summed E-state index contributed by atoms with van der Waals surface area (Å²) in [5.74, 6) is -0.0665. The number of carbonyl (C=O) groups excluding carboxylic acids is 3. The Morgan fingerprint density at radius 2 is 1.71 bits per heavy atom. The quantitative estimate of drug-likeness (QED) is 0.163. The second-order valence-electron chi connectivity index (χ2n) is 13.2. The maximum absolute atomic E-state index is 13.6. The van der Waals surface area contributed by atoms with Gasteiger partial charge in [0.05, 0.1) is 23.2 Å². The molecule has 0 aliphatic carbocycles. The van der Waals surface area contributed by atoms with Crippen molar-refractivity contribution in [3.8, 4) is 5.82 Å². The summed E-state index contributed by atoms with van der Waals surface area (Å²) in [7, 11) is 0. The van der Waals surface area contributed by atoms with Crippen molar-refractivity contribution in [2.45, 2.75) is 91.9 Å². The number of aliphatic hydroxyl groups excluding tert-OH is 1. The molecule has 0 bridgehead atoms. The molecule has 3 amide bonds. The van der Waals surface area contributed by atoms with Crippen molar-refractivity contribution in [1.82, 2.24) is 25.5 Å². The summed E-state index contributed by atoms with van der Waals surface area (Å²) in [5.41, 5.74) is 0.691. The first-order chi connectivity index (χ1) is 21.3. The number of aliphatic hydroxyl groups is 1. The maximum atomic E-state index is 13.6. The molecule has 3 rings (SSSR count). The zero-order chi connectivity index (χ0) is 33.1. The molecule has 1 aromatic carbocycles. The van der Waals surface area contributed by atoms with E-state index in [4.69, 9.17) is 4.74 Å². The summed E-state index contributed by atoms with van der Waals surface area (Å²) in [6, 6.07) is 12.6. The Bertz CT molecular complexity index is 1400. The highest BCUT2D eigenvalue weighted by Crippen LogP contribution is 2.25. The molecular formula is C35H51N5O5. The molecule has 0 saturated heterocycles. The highest BCUT2D eigenvalue weighted by molar-refractivity contribution is 6.07. The highest BCUT2D eigenvalue weighted by Gasteiger charge is 2.31. The standard InChI is InChI=1S/C35H51N5O5/c1-8-9-17-37-32(42)24(4)19-30(41)28(39-34(44)45-35(5,6)7)20-25(23(2)3)21-38-33(43)27-22-40(31-16-12-13-18-36-31)29-15-11-10-14-26(27)29/h10-16,18,22-25,28,30,41H,8-9,17,19-21H2,1-7H3,(H,37,42)(H,38,43)(H,39,44). The second-order valence-corrected chi connectivity index (χ2v) is 13.2. The molecule has 246 valence electrons. The number of hydrogen-bond donors (Lipinski definition) is 4. The van der Waals surface area contributed by atoms with E-state index in [1.54, 1.807) is 40.1 Å². The van der Waals surface area contributed by atoms with E-state index in [0.29, 0.717) is 30.9 Å². The maximum Gasteiger partial charge on any atom is 0.407 e. The van der Waals surface area contributed by atoms with Gasteiger partial charge in [0.1, 0.15) is 11.4 Å². The van der Waals surface area contributed by atoms with Crippen LogP contribution in [0.1, 0.15) is 84.5 Å². The molecule has 0 aliphatic heterocycles. The van der Waals surface area contributed by atoms with Gasteiger partial charge in [-0.3, -0.25) is 9.59 Å². The summed E-state index contributed by atoms with van der Waals surface area (Å²) in [6.45, 7) is 14.2. The lowest BCUT2D eigenvalue weighted by molar-refractivity contribution is -0.125. The average Bonchev–Trinajstić information content (AvgIpc) is 3.37. The van der Waals surface area contributed by atoms with E-state index in [1.807, 2.05) is 60.9 Å². The van der Waals surface area contributed by atoms with Crippen LogP contribution in [0.3, 0.4) is 0 Å². The molecule has 2 aromatic heterocycles. The van der Waals surface area contributed by atoms with Gasteiger partial charge >= 0.3 is 6.09 Å². The fourth-order valence-corrected chi connectivity index (χ4v) is 5.25. The predicted octanol–water partition coefficient (Wildman–Crippen LogP) is 5.61. The molecular weight excluding hydrogens is 570 g/mol. The summed E-state index contributed by atoms with van der Waals surface area (Å²) >= 11 is 0. The van der Waals surface area contributed by atoms with Gasteiger partial charge in [0.2, 0.25) is 5.91 Å². The number of nitrogens with zero attached hydrogens (tertiary/aromatic N) is 2. The van der Waals surface area contributed by atoms with Crippen molar-refractivity contribution in [2.75, 3.05) is 13.1 Å². The largest absolute Gasteiger partial charge is 0.444 e. The molecule has 0 spiro atoms. The Balaban J connectivity index is 1.77. The van der Waals surface area contributed by atoms with Crippen LogP contribution in [0, 0.1) is 17.8 Å². The number of unbranched alkanes of at least 4 members (excludes halogenated alkanes) is 1. The number of aromatic nitrogens is 2. The normalized spacial score (nSPS) is 14.4. The number of pyridine rings is 1. The van der Waals surface area contributed by atoms with Crippen LogP contribution in [0.15, 0.2) is 54.9 Å². The number of fused-ring (bicyclic) bond motifs is 1. The lowest BCUT2D eigenvalue weighted by Crippen LogP contribution is -2.49. The fraction of sp³-hybridized carbons (Fsp3) is 0.543. The number of amides is 3. The van der Waals surface area contributed by atoms with E-state index >= 15 is 0 Å². The lowest BCUT2D eigenvalue weighted by Gasteiger charge is -2.32. The van der Waals surface area contributed by atoms with Crippen molar-refractivity contribution in [3.63, 3.8) is 0 Å². The first-order valence-electron chi connectivity index (χ1n) is 16.1. The molecule has 0 aliphatic rings.